The van der Waals surface area contributed by atoms with Crippen LogP contribution in [0.25, 0.3) is 0 Å². The van der Waals surface area contributed by atoms with Crippen molar-refractivity contribution >= 4 is 0 Å². The van der Waals surface area contributed by atoms with Crippen LogP contribution in [0, 0.1) is 0 Å². The molecule has 0 aromatic carbocycles. The van der Waals surface area contributed by atoms with E-state index in [4.69, 9.17) is 10.5 Å². The average Bonchev–Trinajstić information content (AvgIpc) is 2.38. The lowest BCUT2D eigenvalue weighted by Crippen LogP contribution is -2.48. The van der Waals surface area contributed by atoms with Crippen LogP contribution in [0.1, 0.15) is 39.5 Å². The summed E-state index contributed by atoms with van der Waals surface area (Å²) >= 11 is 0. The van der Waals surface area contributed by atoms with Crippen LogP contribution in [0.4, 0.5) is 0 Å². The van der Waals surface area contributed by atoms with Crippen LogP contribution in [-0.4, -0.2) is 18.2 Å². The van der Waals surface area contributed by atoms with Crippen LogP contribution in [0.3, 0.4) is 0 Å². The van der Waals surface area contributed by atoms with E-state index in [1.807, 2.05) is 6.92 Å². The molecule has 1 atom stereocenters. The fraction of sp³-hybridized carbons (Fsp3) is 1.00. The van der Waals surface area contributed by atoms with Crippen molar-refractivity contribution in [3.63, 3.8) is 0 Å². The third-order valence-electron chi connectivity index (χ3n) is 2.76. The minimum Gasteiger partial charge on any atom is -0.377 e. The van der Waals surface area contributed by atoms with Crippen LogP contribution in [-0.2, 0) is 4.74 Å². The van der Waals surface area contributed by atoms with Gasteiger partial charge in [-0.25, -0.2) is 0 Å². The number of nitrogens with two attached hydrogens (primary N) is 1. The summed E-state index contributed by atoms with van der Waals surface area (Å²) in [4.78, 5) is 0. The summed E-state index contributed by atoms with van der Waals surface area (Å²) < 4.78 is 5.50. The van der Waals surface area contributed by atoms with Gasteiger partial charge in [0.15, 0.2) is 0 Å². The fourth-order valence-electron chi connectivity index (χ4n) is 1.86. The van der Waals surface area contributed by atoms with Crippen molar-refractivity contribution in [1.29, 1.82) is 0 Å². The number of hydrogen-bond donors (Lipinski definition) is 1. The molecule has 0 aromatic heterocycles. The highest BCUT2D eigenvalue weighted by Gasteiger charge is 2.35. The van der Waals surface area contributed by atoms with Gasteiger partial charge in [0.2, 0.25) is 0 Å². The Kier molecular flexibility index (Phi) is 2.90. The van der Waals surface area contributed by atoms with E-state index in [0.29, 0.717) is 0 Å². The van der Waals surface area contributed by atoms with Gasteiger partial charge in [-0.15, -0.1) is 0 Å². The van der Waals surface area contributed by atoms with Gasteiger partial charge in [-0.05, 0) is 26.7 Å². The zero-order chi connectivity index (χ0) is 8.32. The molecule has 0 spiro atoms. The van der Waals surface area contributed by atoms with E-state index >= 15 is 0 Å². The van der Waals surface area contributed by atoms with Gasteiger partial charge in [-0.2, -0.15) is 0 Å². The monoisotopic (exact) mass is 157 g/mol. The van der Waals surface area contributed by atoms with Crippen LogP contribution < -0.4 is 5.73 Å². The second-order valence-electron chi connectivity index (χ2n) is 3.54. The highest BCUT2D eigenvalue weighted by molar-refractivity contribution is 4.94. The Morgan fingerprint density at radius 1 is 1.45 bits per heavy atom. The summed E-state index contributed by atoms with van der Waals surface area (Å²) in [6.07, 6.45) is 5.04. The highest BCUT2D eigenvalue weighted by atomic mass is 16.5. The molecule has 2 heteroatoms. The molecule has 0 bridgehead atoms. The SMILES string of the molecule is CCOC(C)C1(N)CCCC1. The van der Waals surface area contributed by atoms with Crippen molar-refractivity contribution in [2.75, 3.05) is 6.61 Å². The first kappa shape index (κ1) is 9.01. The number of hydrogen-bond acceptors (Lipinski definition) is 2. The van der Waals surface area contributed by atoms with Crippen LogP contribution in [0.5, 0.6) is 0 Å². The molecule has 0 heterocycles. The van der Waals surface area contributed by atoms with Gasteiger partial charge in [0.1, 0.15) is 0 Å². The molecule has 1 aliphatic rings. The zero-order valence-corrected chi connectivity index (χ0v) is 7.60. The first-order chi connectivity index (χ1) is 5.19. The molecule has 0 saturated heterocycles. The lowest BCUT2D eigenvalue weighted by atomic mass is 9.93. The maximum absolute atomic E-state index is 6.16. The largest absolute Gasteiger partial charge is 0.377 e. The van der Waals surface area contributed by atoms with E-state index in [1.165, 1.54) is 12.8 Å². The minimum absolute atomic E-state index is 0.0178. The second kappa shape index (κ2) is 3.55. The Balaban J connectivity index is 2.42. The fourth-order valence-corrected chi connectivity index (χ4v) is 1.86. The van der Waals surface area contributed by atoms with Crippen molar-refractivity contribution < 1.29 is 4.74 Å². The summed E-state index contributed by atoms with van der Waals surface area (Å²) in [5, 5.41) is 0. The Labute approximate surface area is 69.1 Å². The third-order valence-corrected chi connectivity index (χ3v) is 2.76. The summed E-state index contributed by atoms with van der Waals surface area (Å²) in [7, 11) is 0. The van der Waals surface area contributed by atoms with Gasteiger partial charge in [0, 0.05) is 12.1 Å². The highest BCUT2D eigenvalue weighted by Crippen LogP contribution is 2.31. The molecule has 2 nitrogen and oxygen atoms in total. The molecule has 11 heavy (non-hydrogen) atoms. The second-order valence-corrected chi connectivity index (χ2v) is 3.54. The molecule has 2 N–H and O–H groups in total. The van der Waals surface area contributed by atoms with Gasteiger partial charge < -0.3 is 10.5 Å². The van der Waals surface area contributed by atoms with E-state index < -0.39 is 0 Å². The van der Waals surface area contributed by atoms with Crippen molar-refractivity contribution in [3.05, 3.63) is 0 Å². The summed E-state index contributed by atoms with van der Waals surface area (Å²) in [5.41, 5.74) is 6.15. The van der Waals surface area contributed by atoms with Crippen LogP contribution >= 0.6 is 0 Å². The molecule has 1 aliphatic carbocycles. The predicted molar refractivity (Wildman–Crippen MR) is 46.5 cm³/mol. The van der Waals surface area contributed by atoms with Crippen molar-refractivity contribution in [2.24, 2.45) is 5.73 Å². The number of ether oxygens (including phenoxy) is 1. The molecule has 1 fully saturated rings. The molecular formula is C9H19NO. The smallest absolute Gasteiger partial charge is 0.0726 e. The standard InChI is InChI=1S/C9H19NO/c1-3-11-8(2)9(10)6-4-5-7-9/h8H,3-7,10H2,1-2H3. The van der Waals surface area contributed by atoms with E-state index in [0.717, 1.165) is 19.4 Å². The number of rotatable bonds is 3. The molecule has 1 unspecified atom stereocenters. The summed E-state index contributed by atoms with van der Waals surface area (Å²) in [5.74, 6) is 0. The Hall–Kier alpha value is -0.0800. The zero-order valence-electron chi connectivity index (χ0n) is 7.60. The first-order valence-corrected chi connectivity index (χ1v) is 4.59. The van der Waals surface area contributed by atoms with Crippen molar-refractivity contribution in [3.8, 4) is 0 Å². The lowest BCUT2D eigenvalue weighted by molar-refractivity contribution is 0.0204. The normalized spacial score (nSPS) is 25.4. The van der Waals surface area contributed by atoms with Crippen molar-refractivity contribution in [1.82, 2.24) is 0 Å². The quantitative estimate of drug-likeness (QED) is 0.676. The Morgan fingerprint density at radius 3 is 2.45 bits per heavy atom. The van der Waals surface area contributed by atoms with Gasteiger partial charge in [0.25, 0.3) is 0 Å². The van der Waals surface area contributed by atoms with Gasteiger partial charge in [-0.1, -0.05) is 12.8 Å². The predicted octanol–water partition coefficient (Wildman–Crippen LogP) is 1.68. The van der Waals surface area contributed by atoms with Crippen molar-refractivity contribution in [2.45, 2.75) is 51.2 Å². The lowest BCUT2D eigenvalue weighted by Gasteiger charge is -2.30. The molecule has 0 amide bonds. The molecule has 0 radical (unpaired) electrons. The van der Waals surface area contributed by atoms with E-state index in [2.05, 4.69) is 6.92 Å². The topological polar surface area (TPSA) is 35.2 Å². The van der Waals surface area contributed by atoms with E-state index in [-0.39, 0.29) is 11.6 Å². The summed E-state index contributed by atoms with van der Waals surface area (Å²) in [6.45, 7) is 4.89. The minimum atomic E-state index is -0.0178. The maximum atomic E-state index is 6.16. The third kappa shape index (κ3) is 1.94. The van der Waals surface area contributed by atoms with Gasteiger partial charge >= 0.3 is 0 Å². The summed E-state index contributed by atoms with van der Waals surface area (Å²) in [6, 6.07) is 0. The molecule has 0 aliphatic heterocycles. The molecular weight excluding hydrogens is 138 g/mol. The molecule has 0 aromatic rings. The first-order valence-electron chi connectivity index (χ1n) is 4.59. The Bertz CT molecular complexity index is 119. The maximum Gasteiger partial charge on any atom is 0.0726 e. The average molecular weight is 157 g/mol. The van der Waals surface area contributed by atoms with Crippen LogP contribution in [0.2, 0.25) is 0 Å². The van der Waals surface area contributed by atoms with Gasteiger partial charge in [-0.3, -0.25) is 0 Å². The van der Waals surface area contributed by atoms with Crippen LogP contribution in [0.15, 0.2) is 0 Å². The van der Waals surface area contributed by atoms with E-state index in [9.17, 15) is 0 Å². The van der Waals surface area contributed by atoms with Gasteiger partial charge in [0.05, 0.1) is 6.10 Å². The Morgan fingerprint density at radius 2 is 2.00 bits per heavy atom. The molecule has 1 saturated carbocycles. The van der Waals surface area contributed by atoms with E-state index in [1.54, 1.807) is 0 Å². The molecule has 1 rings (SSSR count). The molecule has 66 valence electrons.